The molecule has 3 nitrogen and oxygen atoms in total. The second-order valence-electron chi connectivity index (χ2n) is 7.90. The van der Waals surface area contributed by atoms with E-state index in [0.29, 0.717) is 36.5 Å². The van der Waals surface area contributed by atoms with Gasteiger partial charge in [0.15, 0.2) is 0 Å². The summed E-state index contributed by atoms with van der Waals surface area (Å²) in [6.07, 6.45) is 1.96. The van der Waals surface area contributed by atoms with Crippen molar-refractivity contribution in [3.8, 4) is 0 Å². The minimum Gasteiger partial charge on any atom is -0.366 e. The van der Waals surface area contributed by atoms with E-state index in [9.17, 15) is 9.59 Å². The number of carbonyl (C=O) groups is 2. The van der Waals surface area contributed by atoms with E-state index in [1.54, 1.807) is 0 Å². The fraction of sp³-hybridized carbons (Fsp3) is 0.867. The zero-order valence-electron chi connectivity index (χ0n) is 10.7. The summed E-state index contributed by atoms with van der Waals surface area (Å²) in [6, 6.07) is 0. The zero-order valence-corrected chi connectivity index (χ0v) is 12.2. The van der Waals surface area contributed by atoms with Gasteiger partial charge in [0.05, 0.1) is 24.0 Å². The Kier molecular flexibility index (Phi) is 1.64. The molecule has 7 rings (SSSR count). The summed E-state index contributed by atoms with van der Waals surface area (Å²) in [6.45, 7) is 0. The molecule has 0 N–H and O–H groups in total. The van der Waals surface area contributed by atoms with Crippen LogP contribution in [0, 0.1) is 47.3 Å². The SMILES string of the molecule is O=C(Cl)CC12OC3(CC(=O)Cl)C4C5CC(C6C5C3C61)C42. The number of halogens is 2. The van der Waals surface area contributed by atoms with Gasteiger partial charge in [-0.15, -0.1) is 0 Å². The van der Waals surface area contributed by atoms with Gasteiger partial charge in [-0.05, 0) is 77.0 Å². The molecule has 5 aliphatic carbocycles. The third-order valence-electron chi connectivity index (χ3n) is 7.97. The second kappa shape index (κ2) is 2.87. The lowest BCUT2D eigenvalue weighted by Gasteiger charge is -2.47. The highest BCUT2D eigenvalue weighted by molar-refractivity contribution is 6.64. The number of carbonyl (C=O) groups excluding carboxylic acids is 2. The van der Waals surface area contributed by atoms with E-state index in [1.807, 2.05) is 0 Å². The van der Waals surface area contributed by atoms with Gasteiger partial charge in [0.1, 0.15) is 0 Å². The first-order chi connectivity index (χ1) is 9.51. The Morgan fingerprint density at radius 1 is 0.900 bits per heavy atom. The molecule has 0 aromatic rings. The molecule has 5 heteroatoms. The van der Waals surface area contributed by atoms with E-state index < -0.39 is 0 Å². The lowest BCUT2D eigenvalue weighted by atomic mass is 9.54. The quantitative estimate of drug-likeness (QED) is 0.747. The Morgan fingerprint density at radius 3 is 1.75 bits per heavy atom. The van der Waals surface area contributed by atoms with Crippen LogP contribution in [0.3, 0.4) is 0 Å². The molecule has 106 valence electrons. The van der Waals surface area contributed by atoms with Crippen molar-refractivity contribution in [2.45, 2.75) is 30.5 Å². The molecule has 20 heavy (non-hydrogen) atoms. The molecule has 4 bridgehead atoms. The molecule has 5 saturated carbocycles. The van der Waals surface area contributed by atoms with Crippen LogP contribution >= 0.6 is 23.2 Å². The van der Waals surface area contributed by atoms with E-state index in [4.69, 9.17) is 27.9 Å². The minimum atomic E-state index is -0.336. The summed E-state index contributed by atoms with van der Waals surface area (Å²) in [4.78, 5) is 23.2. The molecular formula is C15H14Cl2O3. The fourth-order valence-corrected chi connectivity index (χ4v) is 8.91. The van der Waals surface area contributed by atoms with Gasteiger partial charge in [0.2, 0.25) is 10.5 Å². The van der Waals surface area contributed by atoms with Crippen LogP contribution in [0.4, 0.5) is 0 Å². The first kappa shape index (κ1) is 11.4. The molecule has 0 spiro atoms. The standard InChI is InChI=1S/C15H14Cl2O3/c16-6(18)2-14-10-4-1-5-9-8(4)12(14)13(9)15(20-14,11(5)10)3-7(17)19/h4-5,8-13H,1-3H2. The highest BCUT2D eigenvalue weighted by Gasteiger charge is 2.96. The van der Waals surface area contributed by atoms with Crippen molar-refractivity contribution in [3.63, 3.8) is 0 Å². The molecular weight excluding hydrogens is 299 g/mol. The molecule has 10 atom stereocenters. The van der Waals surface area contributed by atoms with E-state index in [-0.39, 0.29) is 21.7 Å². The van der Waals surface area contributed by atoms with Crippen LogP contribution in [0.1, 0.15) is 19.3 Å². The van der Waals surface area contributed by atoms with Crippen LogP contribution in [0.2, 0.25) is 0 Å². The normalized spacial score (nSPS) is 68.3. The number of rotatable bonds is 4. The van der Waals surface area contributed by atoms with Crippen LogP contribution in [0.5, 0.6) is 0 Å². The highest BCUT2D eigenvalue weighted by Crippen LogP contribution is 2.93. The molecule has 0 aromatic carbocycles. The van der Waals surface area contributed by atoms with Crippen LogP contribution < -0.4 is 0 Å². The predicted octanol–water partition coefficient (Wildman–Crippen LogP) is 2.19. The van der Waals surface area contributed by atoms with Crippen LogP contribution in [-0.4, -0.2) is 21.7 Å². The predicted molar refractivity (Wildman–Crippen MR) is 70.0 cm³/mol. The Morgan fingerprint density at radius 2 is 1.35 bits per heavy atom. The average Bonchev–Trinajstić information content (AvgIpc) is 2.87. The smallest absolute Gasteiger partial charge is 0.224 e. The second-order valence-corrected chi connectivity index (χ2v) is 8.74. The van der Waals surface area contributed by atoms with Crippen molar-refractivity contribution < 1.29 is 14.3 Å². The molecule has 10 unspecified atom stereocenters. The lowest BCUT2D eigenvalue weighted by molar-refractivity contribution is -0.126. The minimum absolute atomic E-state index is 0.286. The lowest BCUT2D eigenvalue weighted by Crippen LogP contribution is -2.52. The van der Waals surface area contributed by atoms with Crippen LogP contribution in [0.15, 0.2) is 0 Å². The van der Waals surface area contributed by atoms with Crippen molar-refractivity contribution in [3.05, 3.63) is 0 Å². The topological polar surface area (TPSA) is 43.4 Å². The van der Waals surface area contributed by atoms with Gasteiger partial charge in [0, 0.05) is 0 Å². The maximum Gasteiger partial charge on any atom is 0.224 e. The van der Waals surface area contributed by atoms with Gasteiger partial charge in [-0.3, -0.25) is 9.59 Å². The summed E-state index contributed by atoms with van der Waals surface area (Å²) in [5.74, 6) is 4.83. The summed E-state index contributed by atoms with van der Waals surface area (Å²) >= 11 is 11.5. The monoisotopic (exact) mass is 312 g/mol. The van der Waals surface area contributed by atoms with Gasteiger partial charge in [0.25, 0.3) is 0 Å². The third-order valence-corrected chi connectivity index (χ3v) is 8.24. The summed E-state index contributed by atoms with van der Waals surface area (Å²) in [5, 5.41) is -0.573. The van der Waals surface area contributed by atoms with Crippen LogP contribution in [-0.2, 0) is 14.3 Å². The van der Waals surface area contributed by atoms with Crippen molar-refractivity contribution in [1.29, 1.82) is 0 Å². The van der Waals surface area contributed by atoms with E-state index in [1.165, 1.54) is 6.42 Å². The first-order valence-electron chi connectivity index (χ1n) is 7.58. The maximum atomic E-state index is 11.6. The van der Waals surface area contributed by atoms with E-state index >= 15 is 0 Å². The van der Waals surface area contributed by atoms with Crippen molar-refractivity contribution >= 4 is 33.7 Å². The van der Waals surface area contributed by atoms with Gasteiger partial charge < -0.3 is 4.74 Å². The summed E-state index contributed by atoms with van der Waals surface area (Å²) in [7, 11) is 0. The average molecular weight is 313 g/mol. The molecule has 0 aromatic heterocycles. The van der Waals surface area contributed by atoms with Crippen LogP contribution in [0.25, 0.3) is 0 Å². The molecule has 0 radical (unpaired) electrons. The summed E-state index contributed by atoms with van der Waals surface area (Å²) in [5.41, 5.74) is -0.671. The molecule has 0 amide bonds. The third kappa shape index (κ3) is 0.798. The van der Waals surface area contributed by atoms with Crippen molar-refractivity contribution in [1.82, 2.24) is 0 Å². The fourth-order valence-electron chi connectivity index (χ4n) is 8.49. The van der Waals surface area contributed by atoms with Gasteiger partial charge in [-0.1, -0.05) is 0 Å². The Bertz CT molecular complexity index is 552. The maximum absolute atomic E-state index is 11.6. The molecule has 2 saturated heterocycles. The number of hydrogen-bond donors (Lipinski definition) is 0. The van der Waals surface area contributed by atoms with Gasteiger partial charge in [-0.2, -0.15) is 0 Å². The van der Waals surface area contributed by atoms with Gasteiger partial charge in [-0.25, -0.2) is 0 Å². The molecule has 2 aliphatic heterocycles. The molecule has 2 heterocycles. The number of hydrogen-bond acceptors (Lipinski definition) is 3. The molecule has 7 fully saturated rings. The number of ether oxygens (including phenoxy) is 1. The van der Waals surface area contributed by atoms with Gasteiger partial charge >= 0.3 is 0 Å². The Hall–Kier alpha value is -0.120. The van der Waals surface area contributed by atoms with E-state index in [0.717, 1.165) is 23.7 Å². The zero-order chi connectivity index (χ0) is 13.6. The summed E-state index contributed by atoms with van der Waals surface area (Å²) < 4.78 is 6.55. The van der Waals surface area contributed by atoms with Crippen molar-refractivity contribution in [2.75, 3.05) is 0 Å². The van der Waals surface area contributed by atoms with E-state index in [2.05, 4.69) is 0 Å². The largest absolute Gasteiger partial charge is 0.366 e. The van der Waals surface area contributed by atoms with Crippen molar-refractivity contribution in [2.24, 2.45) is 47.3 Å². The Labute approximate surface area is 126 Å². The Balaban J connectivity index is 1.56. The first-order valence-corrected chi connectivity index (χ1v) is 8.34. The highest BCUT2D eigenvalue weighted by atomic mass is 35.5. The molecule has 7 aliphatic rings.